The molecule has 0 amide bonds. The second kappa shape index (κ2) is 4.75. The monoisotopic (exact) mass is 288 g/mol. The Morgan fingerprint density at radius 1 is 1.33 bits per heavy atom. The summed E-state index contributed by atoms with van der Waals surface area (Å²) in [4.78, 5) is 10.8. The highest BCUT2D eigenvalue weighted by atomic mass is 16.5. The molecule has 3 unspecified atom stereocenters. The van der Waals surface area contributed by atoms with Crippen LogP contribution in [0.3, 0.4) is 0 Å². The number of hydrogen-bond acceptors (Lipinski definition) is 2. The first kappa shape index (κ1) is 14.4. The zero-order chi connectivity index (χ0) is 15.3. The molecule has 1 aromatic carbocycles. The third-order valence-corrected chi connectivity index (χ3v) is 6.44. The lowest BCUT2D eigenvalue weighted by molar-refractivity contribution is -0.139. The zero-order valence-corrected chi connectivity index (χ0v) is 13.1. The minimum Gasteiger partial charge on any atom is -0.482 e. The summed E-state index contributed by atoms with van der Waals surface area (Å²) in [5.74, 6) is 1.05. The normalized spacial score (nSPS) is 33.1. The first-order valence-corrected chi connectivity index (χ1v) is 7.80. The average Bonchev–Trinajstić information content (AvgIpc) is 2.78. The van der Waals surface area contributed by atoms with Gasteiger partial charge in [0.15, 0.2) is 6.61 Å². The van der Waals surface area contributed by atoms with Crippen LogP contribution in [-0.4, -0.2) is 17.7 Å². The van der Waals surface area contributed by atoms with Gasteiger partial charge in [-0.05, 0) is 53.6 Å². The van der Waals surface area contributed by atoms with Crippen LogP contribution in [0.4, 0.5) is 0 Å². The lowest BCUT2D eigenvalue weighted by atomic mass is 9.65. The molecule has 0 aliphatic heterocycles. The van der Waals surface area contributed by atoms with Crippen molar-refractivity contribution in [2.75, 3.05) is 6.61 Å². The van der Waals surface area contributed by atoms with Gasteiger partial charge in [0.25, 0.3) is 0 Å². The van der Waals surface area contributed by atoms with Gasteiger partial charge in [-0.1, -0.05) is 39.0 Å². The van der Waals surface area contributed by atoms with Crippen LogP contribution in [0, 0.1) is 16.7 Å². The number of benzene rings is 1. The summed E-state index contributed by atoms with van der Waals surface area (Å²) >= 11 is 0. The molecule has 2 saturated carbocycles. The number of rotatable bonds is 4. The molecule has 114 valence electrons. The summed E-state index contributed by atoms with van der Waals surface area (Å²) in [5.41, 5.74) is 1.81. The van der Waals surface area contributed by atoms with Gasteiger partial charge in [0.1, 0.15) is 5.75 Å². The summed E-state index contributed by atoms with van der Waals surface area (Å²) in [6, 6.07) is 7.97. The topological polar surface area (TPSA) is 46.5 Å². The van der Waals surface area contributed by atoms with E-state index in [1.807, 2.05) is 18.2 Å². The minimum absolute atomic E-state index is 0.271. The van der Waals surface area contributed by atoms with Gasteiger partial charge in [0, 0.05) is 0 Å². The third kappa shape index (κ3) is 2.05. The molecule has 3 heteroatoms. The Balaban J connectivity index is 1.93. The molecule has 0 saturated heterocycles. The van der Waals surface area contributed by atoms with E-state index >= 15 is 0 Å². The van der Waals surface area contributed by atoms with E-state index < -0.39 is 5.97 Å². The molecule has 2 bridgehead atoms. The van der Waals surface area contributed by atoms with Crippen LogP contribution in [0.2, 0.25) is 0 Å². The molecule has 0 spiro atoms. The number of carbonyl (C=O) groups is 1. The maximum Gasteiger partial charge on any atom is 0.341 e. The molecular weight excluding hydrogens is 264 g/mol. The van der Waals surface area contributed by atoms with E-state index in [2.05, 4.69) is 26.8 Å². The highest BCUT2D eigenvalue weighted by Crippen LogP contribution is 2.71. The molecule has 3 nitrogen and oxygen atoms in total. The van der Waals surface area contributed by atoms with Gasteiger partial charge in [0.05, 0.1) is 0 Å². The average molecular weight is 288 g/mol. The van der Waals surface area contributed by atoms with Crippen LogP contribution in [0.15, 0.2) is 24.3 Å². The maximum atomic E-state index is 10.8. The number of carboxylic acid groups (broad SMARTS) is 1. The van der Waals surface area contributed by atoms with E-state index in [1.165, 1.54) is 24.8 Å². The minimum atomic E-state index is -0.927. The Morgan fingerprint density at radius 2 is 2.05 bits per heavy atom. The van der Waals surface area contributed by atoms with Crippen LogP contribution in [0.5, 0.6) is 5.75 Å². The highest BCUT2D eigenvalue weighted by molar-refractivity contribution is 5.68. The molecule has 2 aliphatic rings. The zero-order valence-electron chi connectivity index (χ0n) is 13.1. The first-order chi connectivity index (χ1) is 9.86. The van der Waals surface area contributed by atoms with Crippen molar-refractivity contribution in [1.82, 2.24) is 0 Å². The molecule has 0 heterocycles. The van der Waals surface area contributed by atoms with Crippen molar-refractivity contribution in [1.29, 1.82) is 0 Å². The van der Waals surface area contributed by atoms with Crippen molar-refractivity contribution in [3.63, 3.8) is 0 Å². The number of fused-ring (bicyclic) bond motifs is 2. The quantitative estimate of drug-likeness (QED) is 0.908. The van der Waals surface area contributed by atoms with Crippen LogP contribution in [-0.2, 0) is 4.79 Å². The SMILES string of the molecule is CC1(C)C2CCC1(C)C(c1ccccc1OCC(=O)O)C2. The maximum absolute atomic E-state index is 10.8. The van der Waals surface area contributed by atoms with Crippen molar-refractivity contribution < 1.29 is 14.6 Å². The Labute approximate surface area is 126 Å². The predicted octanol–water partition coefficient (Wildman–Crippen LogP) is 4.08. The molecule has 3 rings (SSSR count). The van der Waals surface area contributed by atoms with Gasteiger partial charge in [-0.25, -0.2) is 4.79 Å². The van der Waals surface area contributed by atoms with Crippen LogP contribution >= 0.6 is 0 Å². The number of hydrogen-bond donors (Lipinski definition) is 1. The fourth-order valence-electron chi connectivity index (χ4n) is 4.71. The van der Waals surface area contributed by atoms with E-state index in [9.17, 15) is 4.79 Å². The second-order valence-electron chi connectivity index (χ2n) is 7.38. The predicted molar refractivity (Wildman–Crippen MR) is 81.5 cm³/mol. The van der Waals surface area contributed by atoms with E-state index in [0.29, 0.717) is 11.3 Å². The molecule has 3 atom stereocenters. The number of para-hydroxylation sites is 1. The summed E-state index contributed by atoms with van der Waals surface area (Å²) in [6.45, 7) is 6.92. The molecule has 1 N–H and O–H groups in total. The molecular formula is C18H24O3. The highest BCUT2D eigenvalue weighted by Gasteiger charge is 2.61. The Morgan fingerprint density at radius 3 is 2.62 bits per heavy atom. The van der Waals surface area contributed by atoms with Crippen LogP contribution < -0.4 is 4.74 Å². The van der Waals surface area contributed by atoms with Gasteiger partial charge in [-0.3, -0.25) is 0 Å². The van der Waals surface area contributed by atoms with Crippen LogP contribution in [0.25, 0.3) is 0 Å². The van der Waals surface area contributed by atoms with Crippen molar-refractivity contribution in [2.24, 2.45) is 16.7 Å². The molecule has 2 fully saturated rings. The first-order valence-electron chi connectivity index (χ1n) is 7.80. The molecule has 2 aliphatic carbocycles. The Hall–Kier alpha value is -1.51. The summed E-state index contributed by atoms with van der Waals surface area (Å²) in [7, 11) is 0. The van der Waals surface area contributed by atoms with Crippen molar-refractivity contribution in [3.05, 3.63) is 29.8 Å². The Kier molecular flexibility index (Phi) is 3.27. The van der Waals surface area contributed by atoms with Gasteiger partial charge >= 0.3 is 5.97 Å². The van der Waals surface area contributed by atoms with Gasteiger partial charge in [-0.2, -0.15) is 0 Å². The van der Waals surface area contributed by atoms with E-state index in [0.717, 1.165) is 11.7 Å². The summed E-state index contributed by atoms with van der Waals surface area (Å²) in [5, 5.41) is 8.85. The summed E-state index contributed by atoms with van der Waals surface area (Å²) in [6.07, 6.45) is 3.76. The smallest absolute Gasteiger partial charge is 0.341 e. The van der Waals surface area contributed by atoms with Gasteiger partial charge in [0.2, 0.25) is 0 Å². The number of carboxylic acids is 1. The standard InChI is InChI=1S/C18H24O3/c1-17(2)12-8-9-18(17,3)14(10-12)13-6-4-5-7-15(13)21-11-16(19)20/h4-7,12,14H,8-11H2,1-3H3,(H,19,20). The lowest BCUT2D eigenvalue weighted by Gasteiger charge is -2.40. The molecule has 1 aromatic rings. The van der Waals surface area contributed by atoms with E-state index in [-0.39, 0.29) is 12.0 Å². The summed E-state index contributed by atoms with van der Waals surface area (Å²) < 4.78 is 5.53. The van der Waals surface area contributed by atoms with Gasteiger partial charge < -0.3 is 9.84 Å². The molecule has 21 heavy (non-hydrogen) atoms. The van der Waals surface area contributed by atoms with E-state index in [1.54, 1.807) is 0 Å². The fraction of sp³-hybridized carbons (Fsp3) is 0.611. The lowest BCUT2D eigenvalue weighted by Crippen LogP contribution is -2.31. The number of aliphatic carboxylic acids is 1. The van der Waals surface area contributed by atoms with Crippen LogP contribution in [0.1, 0.15) is 51.5 Å². The van der Waals surface area contributed by atoms with Crippen molar-refractivity contribution >= 4 is 5.97 Å². The molecule has 0 aromatic heterocycles. The third-order valence-electron chi connectivity index (χ3n) is 6.44. The van der Waals surface area contributed by atoms with Crippen molar-refractivity contribution in [2.45, 2.75) is 46.0 Å². The van der Waals surface area contributed by atoms with Crippen molar-refractivity contribution in [3.8, 4) is 5.75 Å². The molecule has 0 radical (unpaired) electrons. The second-order valence-corrected chi connectivity index (χ2v) is 7.38. The number of ether oxygens (including phenoxy) is 1. The van der Waals surface area contributed by atoms with Gasteiger partial charge in [-0.15, -0.1) is 0 Å². The Bertz CT molecular complexity index is 563. The van der Waals surface area contributed by atoms with E-state index in [4.69, 9.17) is 9.84 Å². The largest absolute Gasteiger partial charge is 0.482 e. The fourth-order valence-corrected chi connectivity index (χ4v) is 4.71.